The monoisotopic (exact) mass is 416 g/mol. The Morgan fingerprint density at radius 2 is 1.92 bits per heavy atom. The highest BCUT2D eigenvalue weighted by Crippen LogP contribution is 2.28. The van der Waals surface area contributed by atoms with Gasteiger partial charge in [0, 0.05) is 20.9 Å². The van der Waals surface area contributed by atoms with Crippen LogP contribution in [0.4, 0.5) is 15.2 Å². The van der Waals surface area contributed by atoms with E-state index in [-0.39, 0.29) is 5.82 Å². The van der Waals surface area contributed by atoms with E-state index < -0.39 is 5.63 Å². The minimum absolute atomic E-state index is 0.301. The number of aromatic nitrogens is 1. The topological polar surface area (TPSA) is 55.1 Å². The summed E-state index contributed by atoms with van der Waals surface area (Å²) >= 11 is 4.76. The first-order valence-electron chi connectivity index (χ1n) is 7.30. The van der Waals surface area contributed by atoms with Gasteiger partial charge < -0.3 is 9.73 Å². The highest BCUT2D eigenvalue weighted by atomic mass is 79.9. The summed E-state index contributed by atoms with van der Waals surface area (Å²) in [4.78, 5) is 16.7. The van der Waals surface area contributed by atoms with E-state index in [1.165, 1.54) is 23.5 Å². The van der Waals surface area contributed by atoms with Crippen LogP contribution in [0.5, 0.6) is 0 Å². The number of rotatable bonds is 3. The molecular formula is C18H10BrFN2O2S. The quantitative estimate of drug-likeness (QED) is 0.444. The van der Waals surface area contributed by atoms with E-state index in [1.807, 2.05) is 12.1 Å². The molecule has 0 bridgehead atoms. The van der Waals surface area contributed by atoms with Gasteiger partial charge >= 0.3 is 5.63 Å². The molecule has 4 rings (SSSR count). The summed E-state index contributed by atoms with van der Waals surface area (Å²) in [6.07, 6.45) is 0. The normalized spacial score (nSPS) is 11.0. The van der Waals surface area contributed by atoms with Crippen LogP contribution in [0.1, 0.15) is 0 Å². The Morgan fingerprint density at radius 1 is 1.12 bits per heavy atom. The maximum Gasteiger partial charge on any atom is 0.345 e. The molecule has 0 fully saturated rings. The van der Waals surface area contributed by atoms with Crippen molar-refractivity contribution in [3.8, 4) is 11.3 Å². The van der Waals surface area contributed by atoms with Crippen LogP contribution in [0.2, 0.25) is 0 Å². The van der Waals surface area contributed by atoms with E-state index in [9.17, 15) is 9.18 Å². The van der Waals surface area contributed by atoms with Gasteiger partial charge in [-0.05, 0) is 48.5 Å². The molecule has 0 aliphatic carbocycles. The second-order valence-electron chi connectivity index (χ2n) is 5.30. The zero-order valence-corrected chi connectivity index (χ0v) is 15.0. The van der Waals surface area contributed by atoms with Gasteiger partial charge in [0.1, 0.15) is 11.4 Å². The lowest BCUT2D eigenvalue weighted by atomic mass is 10.1. The zero-order chi connectivity index (χ0) is 17.4. The summed E-state index contributed by atoms with van der Waals surface area (Å²) in [5.41, 5.74) is 1.74. The van der Waals surface area contributed by atoms with Gasteiger partial charge in [0.2, 0.25) is 0 Å². The fourth-order valence-corrected chi connectivity index (χ4v) is 3.49. The van der Waals surface area contributed by atoms with E-state index in [0.29, 0.717) is 22.0 Å². The predicted octanol–water partition coefficient (Wildman–Crippen LogP) is 5.56. The second-order valence-corrected chi connectivity index (χ2v) is 7.07. The Labute approximate surface area is 154 Å². The molecule has 2 aromatic carbocycles. The summed E-state index contributed by atoms with van der Waals surface area (Å²) in [6, 6.07) is 13.2. The minimum Gasteiger partial charge on any atom is -0.422 e. The molecule has 0 saturated heterocycles. The third-order valence-electron chi connectivity index (χ3n) is 3.57. The Morgan fingerprint density at radius 3 is 2.72 bits per heavy atom. The van der Waals surface area contributed by atoms with Crippen LogP contribution in [0.3, 0.4) is 0 Å². The van der Waals surface area contributed by atoms with Crippen molar-refractivity contribution in [1.29, 1.82) is 0 Å². The lowest BCUT2D eigenvalue weighted by molar-refractivity contribution is 0.563. The summed E-state index contributed by atoms with van der Waals surface area (Å²) in [5, 5.41) is 6.28. The molecule has 0 spiro atoms. The third-order valence-corrected chi connectivity index (χ3v) is 4.82. The van der Waals surface area contributed by atoms with Crippen molar-refractivity contribution in [1.82, 2.24) is 4.98 Å². The van der Waals surface area contributed by atoms with Crippen LogP contribution in [0, 0.1) is 5.82 Å². The van der Waals surface area contributed by atoms with Crippen molar-refractivity contribution in [3.05, 3.63) is 74.6 Å². The molecule has 4 nitrogen and oxygen atoms in total. The molecule has 0 unspecified atom stereocenters. The average molecular weight is 417 g/mol. The number of fused-ring (bicyclic) bond motifs is 1. The smallest absolute Gasteiger partial charge is 0.345 e. The molecule has 25 heavy (non-hydrogen) atoms. The first-order valence-corrected chi connectivity index (χ1v) is 8.98. The summed E-state index contributed by atoms with van der Waals surface area (Å²) in [5.74, 6) is -0.301. The maximum atomic E-state index is 13.0. The SMILES string of the molecule is O=c1oc2ccc(Br)cc2cc1-c1csc(Nc2ccc(F)cc2)n1. The molecule has 1 N–H and O–H groups in total. The molecule has 0 saturated carbocycles. The van der Waals surface area contributed by atoms with Gasteiger partial charge in [-0.15, -0.1) is 11.3 Å². The Bertz CT molecular complexity index is 1120. The van der Waals surface area contributed by atoms with Crippen molar-refractivity contribution in [2.75, 3.05) is 5.32 Å². The lowest BCUT2D eigenvalue weighted by Crippen LogP contribution is -2.03. The number of hydrogen-bond acceptors (Lipinski definition) is 5. The summed E-state index contributed by atoms with van der Waals surface area (Å²) < 4.78 is 19.2. The van der Waals surface area contributed by atoms with Crippen LogP contribution >= 0.6 is 27.3 Å². The predicted molar refractivity (Wildman–Crippen MR) is 101 cm³/mol. The highest BCUT2D eigenvalue weighted by molar-refractivity contribution is 9.10. The molecule has 124 valence electrons. The Hall–Kier alpha value is -2.51. The first kappa shape index (κ1) is 16.0. The van der Waals surface area contributed by atoms with Crippen molar-refractivity contribution in [2.24, 2.45) is 0 Å². The number of benzene rings is 2. The van der Waals surface area contributed by atoms with Gasteiger partial charge in [-0.1, -0.05) is 15.9 Å². The van der Waals surface area contributed by atoms with E-state index >= 15 is 0 Å². The largest absolute Gasteiger partial charge is 0.422 e. The second kappa shape index (κ2) is 6.42. The number of anilines is 2. The number of nitrogens with one attached hydrogen (secondary N) is 1. The Kier molecular flexibility index (Phi) is 4.10. The molecule has 0 aliphatic heterocycles. The van der Waals surface area contributed by atoms with Crippen LogP contribution < -0.4 is 10.9 Å². The van der Waals surface area contributed by atoms with Crippen LogP contribution in [0.25, 0.3) is 22.2 Å². The van der Waals surface area contributed by atoms with Gasteiger partial charge in [0.25, 0.3) is 0 Å². The van der Waals surface area contributed by atoms with Gasteiger partial charge in [0.15, 0.2) is 5.13 Å². The van der Waals surface area contributed by atoms with Gasteiger partial charge in [-0.3, -0.25) is 0 Å². The molecule has 0 atom stereocenters. The van der Waals surface area contributed by atoms with Gasteiger partial charge in [0.05, 0.1) is 11.3 Å². The average Bonchev–Trinajstić information content (AvgIpc) is 3.05. The summed E-state index contributed by atoms with van der Waals surface area (Å²) in [6.45, 7) is 0. The molecule has 0 aliphatic rings. The van der Waals surface area contributed by atoms with E-state index in [2.05, 4.69) is 26.2 Å². The molecule has 7 heteroatoms. The number of thiazole rings is 1. The van der Waals surface area contributed by atoms with Crippen molar-refractivity contribution in [3.63, 3.8) is 0 Å². The first-order chi connectivity index (χ1) is 12.1. The molecule has 2 heterocycles. The molecular weight excluding hydrogens is 407 g/mol. The van der Waals surface area contributed by atoms with E-state index in [1.54, 1.807) is 29.6 Å². The van der Waals surface area contributed by atoms with Crippen molar-refractivity contribution >= 4 is 49.1 Å². The lowest BCUT2D eigenvalue weighted by Gasteiger charge is -2.02. The standard InChI is InChI=1S/C18H10BrFN2O2S/c19-11-1-6-16-10(7-11)8-14(17(23)24-16)15-9-25-18(22-15)21-13-4-2-12(20)3-5-13/h1-9H,(H,21,22). The van der Waals surface area contributed by atoms with Gasteiger partial charge in [-0.2, -0.15) is 0 Å². The molecule has 0 radical (unpaired) electrons. The van der Waals surface area contributed by atoms with Crippen LogP contribution in [-0.4, -0.2) is 4.98 Å². The van der Waals surface area contributed by atoms with Crippen molar-refractivity contribution < 1.29 is 8.81 Å². The fraction of sp³-hybridized carbons (Fsp3) is 0. The number of halogens is 2. The number of hydrogen-bond donors (Lipinski definition) is 1. The third kappa shape index (κ3) is 3.33. The maximum absolute atomic E-state index is 13.0. The van der Waals surface area contributed by atoms with E-state index in [0.717, 1.165) is 15.5 Å². The van der Waals surface area contributed by atoms with Crippen molar-refractivity contribution in [2.45, 2.75) is 0 Å². The highest BCUT2D eigenvalue weighted by Gasteiger charge is 2.12. The molecule has 2 aromatic heterocycles. The molecule has 0 amide bonds. The molecule has 4 aromatic rings. The summed E-state index contributed by atoms with van der Waals surface area (Å²) in [7, 11) is 0. The van der Waals surface area contributed by atoms with E-state index in [4.69, 9.17) is 4.42 Å². The zero-order valence-electron chi connectivity index (χ0n) is 12.6. The van der Waals surface area contributed by atoms with Gasteiger partial charge in [-0.25, -0.2) is 14.2 Å². The van der Waals surface area contributed by atoms with Crippen LogP contribution in [-0.2, 0) is 0 Å². The minimum atomic E-state index is -0.437. The fourth-order valence-electron chi connectivity index (χ4n) is 2.38. The van der Waals surface area contributed by atoms with Crippen LogP contribution in [0.15, 0.2) is 67.6 Å². The Balaban J connectivity index is 1.69. The number of nitrogens with zero attached hydrogens (tertiary/aromatic N) is 1.